The molecule has 5 heteroatoms. The van der Waals surface area contributed by atoms with Gasteiger partial charge in [0.2, 0.25) is 5.91 Å². The first kappa shape index (κ1) is 18.0. The number of nitrogens with zero attached hydrogens (tertiary/aromatic N) is 1. The molecule has 1 fully saturated rings. The van der Waals surface area contributed by atoms with Gasteiger partial charge in [-0.05, 0) is 49.6 Å². The van der Waals surface area contributed by atoms with Gasteiger partial charge >= 0.3 is 0 Å². The van der Waals surface area contributed by atoms with E-state index >= 15 is 0 Å². The topological polar surface area (TPSA) is 58.6 Å². The van der Waals surface area contributed by atoms with E-state index in [0.717, 1.165) is 23.4 Å². The third-order valence-electron chi connectivity index (χ3n) is 4.59. The Morgan fingerprint density at radius 3 is 2.77 bits per heavy atom. The molecule has 0 radical (unpaired) electrons. The van der Waals surface area contributed by atoms with Gasteiger partial charge in [0.1, 0.15) is 5.75 Å². The minimum absolute atomic E-state index is 0.0455. The SMILES string of the molecule is COc1ccccc1C[C@@H](C)NC(=O)c1cccc(N2CCCC2=O)c1. The number of anilines is 1. The molecule has 5 nitrogen and oxygen atoms in total. The molecule has 1 N–H and O–H groups in total. The fraction of sp³-hybridized carbons (Fsp3) is 0.333. The Hall–Kier alpha value is -2.82. The number of nitrogens with one attached hydrogen (secondary N) is 1. The van der Waals surface area contributed by atoms with Crippen LogP contribution in [0.4, 0.5) is 5.69 Å². The van der Waals surface area contributed by atoms with Crippen molar-refractivity contribution in [3.05, 3.63) is 59.7 Å². The molecule has 2 aromatic carbocycles. The van der Waals surface area contributed by atoms with Gasteiger partial charge in [0.15, 0.2) is 0 Å². The Kier molecular flexibility index (Phi) is 5.56. The summed E-state index contributed by atoms with van der Waals surface area (Å²) in [6.07, 6.45) is 2.12. The number of hydrogen-bond acceptors (Lipinski definition) is 3. The highest BCUT2D eigenvalue weighted by Crippen LogP contribution is 2.23. The van der Waals surface area contributed by atoms with Crippen LogP contribution in [0.25, 0.3) is 0 Å². The number of methoxy groups -OCH3 is 1. The standard InChI is InChI=1S/C21H24N2O3/c1-15(13-16-7-3-4-10-19(16)26-2)22-21(25)17-8-5-9-18(14-17)23-12-6-11-20(23)24/h3-5,7-10,14-15H,6,11-13H2,1-2H3,(H,22,25)/t15-/m1/s1. The Morgan fingerprint density at radius 2 is 2.04 bits per heavy atom. The van der Waals surface area contributed by atoms with Gasteiger partial charge in [0.05, 0.1) is 7.11 Å². The molecule has 0 saturated carbocycles. The number of rotatable bonds is 6. The molecule has 1 aliphatic rings. The number of carbonyl (C=O) groups excluding carboxylic acids is 2. The highest BCUT2D eigenvalue weighted by Gasteiger charge is 2.22. The zero-order chi connectivity index (χ0) is 18.5. The molecule has 26 heavy (non-hydrogen) atoms. The lowest BCUT2D eigenvalue weighted by molar-refractivity contribution is -0.117. The fourth-order valence-electron chi connectivity index (χ4n) is 3.30. The molecule has 1 saturated heterocycles. The van der Waals surface area contributed by atoms with Crippen molar-refractivity contribution in [2.45, 2.75) is 32.2 Å². The van der Waals surface area contributed by atoms with E-state index in [0.29, 0.717) is 24.9 Å². The zero-order valence-electron chi connectivity index (χ0n) is 15.2. The summed E-state index contributed by atoms with van der Waals surface area (Å²) in [4.78, 5) is 26.3. The molecule has 1 atom stereocenters. The second kappa shape index (κ2) is 8.04. The van der Waals surface area contributed by atoms with Crippen molar-refractivity contribution in [3.8, 4) is 5.75 Å². The Balaban J connectivity index is 1.67. The predicted octanol–water partition coefficient (Wildman–Crippen LogP) is 3.18. The molecule has 1 aliphatic heterocycles. The molecular weight excluding hydrogens is 328 g/mol. The zero-order valence-corrected chi connectivity index (χ0v) is 15.2. The van der Waals surface area contributed by atoms with Crippen molar-refractivity contribution in [2.24, 2.45) is 0 Å². The van der Waals surface area contributed by atoms with Crippen molar-refractivity contribution in [2.75, 3.05) is 18.6 Å². The minimum atomic E-state index is -0.138. The van der Waals surface area contributed by atoms with Crippen molar-refractivity contribution < 1.29 is 14.3 Å². The summed E-state index contributed by atoms with van der Waals surface area (Å²) in [5.74, 6) is 0.802. The second-order valence-electron chi connectivity index (χ2n) is 6.59. The van der Waals surface area contributed by atoms with Crippen LogP contribution < -0.4 is 15.0 Å². The van der Waals surface area contributed by atoms with Crippen LogP contribution in [0.2, 0.25) is 0 Å². The monoisotopic (exact) mass is 352 g/mol. The molecular formula is C21H24N2O3. The Labute approximate surface area is 154 Å². The van der Waals surface area contributed by atoms with Gasteiger partial charge in [0, 0.05) is 30.3 Å². The van der Waals surface area contributed by atoms with Gasteiger partial charge in [-0.1, -0.05) is 24.3 Å². The van der Waals surface area contributed by atoms with Crippen LogP contribution in [0, 0.1) is 0 Å². The summed E-state index contributed by atoms with van der Waals surface area (Å²) in [5, 5.41) is 3.03. The van der Waals surface area contributed by atoms with Gasteiger partial charge in [-0.15, -0.1) is 0 Å². The number of hydrogen-bond donors (Lipinski definition) is 1. The van der Waals surface area contributed by atoms with Crippen LogP contribution >= 0.6 is 0 Å². The van der Waals surface area contributed by atoms with Crippen LogP contribution in [0.5, 0.6) is 5.75 Å². The van der Waals surface area contributed by atoms with Crippen molar-refractivity contribution in [1.82, 2.24) is 5.32 Å². The summed E-state index contributed by atoms with van der Waals surface area (Å²) < 4.78 is 5.37. The van der Waals surface area contributed by atoms with E-state index in [-0.39, 0.29) is 17.9 Å². The van der Waals surface area contributed by atoms with Gasteiger partial charge in [-0.3, -0.25) is 9.59 Å². The highest BCUT2D eigenvalue weighted by molar-refractivity contribution is 5.99. The molecule has 0 unspecified atom stereocenters. The van der Waals surface area contributed by atoms with E-state index in [1.54, 1.807) is 24.1 Å². The maximum absolute atomic E-state index is 12.6. The smallest absolute Gasteiger partial charge is 0.251 e. The maximum Gasteiger partial charge on any atom is 0.251 e. The highest BCUT2D eigenvalue weighted by atomic mass is 16.5. The van der Waals surface area contributed by atoms with E-state index in [1.807, 2.05) is 43.3 Å². The van der Waals surface area contributed by atoms with Crippen LogP contribution in [0.1, 0.15) is 35.7 Å². The molecule has 3 rings (SSSR count). The van der Waals surface area contributed by atoms with Crippen molar-refractivity contribution in [1.29, 1.82) is 0 Å². The summed E-state index contributed by atoms with van der Waals surface area (Å²) in [6, 6.07) is 15.0. The Bertz CT molecular complexity index is 803. The van der Waals surface area contributed by atoms with Crippen LogP contribution in [0.15, 0.2) is 48.5 Å². The van der Waals surface area contributed by atoms with E-state index in [9.17, 15) is 9.59 Å². The maximum atomic E-state index is 12.6. The van der Waals surface area contributed by atoms with Crippen LogP contribution in [0.3, 0.4) is 0 Å². The average molecular weight is 352 g/mol. The van der Waals surface area contributed by atoms with Crippen molar-refractivity contribution >= 4 is 17.5 Å². The number of para-hydroxylation sites is 1. The van der Waals surface area contributed by atoms with Gasteiger partial charge in [-0.25, -0.2) is 0 Å². The van der Waals surface area contributed by atoms with Crippen LogP contribution in [-0.4, -0.2) is 31.5 Å². The first-order chi connectivity index (χ1) is 12.6. The molecule has 0 aliphatic carbocycles. The average Bonchev–Trinajstić information content (AvgIpc) is 3.08. The molecule has 2 aromatic rings. The summed E-state index contributed by atoms with van der Waals surface area (Å²) >= 11 is 0. The van der Waals surface area contributed by atoms with Gasteiger partial charge in [0.25, 0.3) is 5.91 Å². The van der Waals surface area contributed by atoms with Gasteiger partial charge in [-0.2, -0.15) is 0 Å². The summed E-state index contributed by atoms with van der Waals surface area (Å²) in [6.45, 7) is 2.69. The fourth-order valence-corrected chi connectivity index (χ4v) is 3.30. The molecule has 0 aromatic heterocycles. The second-order valence-corrected chi connectivity index (χ2v) is 6.59. The Morgan fingerprint density at radius 1 is 1.23 bits per heavy atom. The molecule has 2 amide bonds. The molecule has 136 valence electrons. The number of ether oxygens (including phenoxy) is 1. The lowest BCUT2D eigenvalue weighted by Gasteiger charge is -2.18. The normalized spacial score (nSPS) is 15.0. The first-order valence-corrected chi connectivity index (χ1v) is 8.91. The lowest BCUT2D eigenvalue weighted by atomic mass is 10.1. The summed E-state index contributed by atoms with van der Waals surface area (Å²) in [7, 11) is 1.65. The molecule has 1 heterocycles. The van der Waals surface area contributed by atoms with Crippen LogP contribution in [-0.2, 0) is 11.2 Å². The van der Waals surface area contributed by atoms with E-state index in [1.165, 1.54) is 0 Å². The quantitative estimate of drug-likeness (QED) is 0.869. The van der Waals surface area contributed by atoms with Gasteiger partial charge < -0.3 is 15.0 Å². The number of amides is 2. The lowest BCUT2D eigenvalue weighted by Crippen LogP contribution is -2.34. The predicted molar refractivity (Wildman–Crippen MR) is 102 cm³/mol. The minimum Gasteiger partial charge on any atom is -0.496 e. The first-order valence-electron chi connectivity index (χ1n) is 8.91. The third-order valence-corrected chi connectivity index (χ3v) is 4.59. The number of carbonyl (C=O) groups is 2. The summed E-state index contributed by atoms with van der Waals surface area (Å²) in [5.41, 5.74) is 2.41. The molecule has 0 bridgehead atoms. The van der Waals surface area contributed by atoms with E-state index in [4.69, 9.17) is 4.74 Å². The molecule has 0 spiro atoms. The van der Waals surface area contributed by atoms with Crippen molar-refractivity contribution in [3.63, 3.8) is 0 Å². The largest absolute Gasteiger partial charge is 0.496 e. The number of benzene rings is 2. The van der Waals surface area contributed by atoms with E-state index in [2.05, 4.69) is 5.32 Å². The third kappa shape index (κ3) is 4.04. The van der Waals surface area contributed by atoms with E-state index < -0.39 is 0 Å².